The molecule has 0 aliphatic heterocycles. The van der Waals surface area contributed by atoms with Crippen molar-refractivity contribution in [2.75, 3.05) is 13.2 Å². The van der Waals surface area contributed by atoms with Gasteiger partial charge in [0, 0.05) is 6.08 Å². The van der Waals surface area contributed by atoms with Gasteiger partial charge >= 0.3 is 75.2 Å². The SMILES string of the molecule is C=CC(=O)OCCCCCC.CC([N+](=O)[O-])[N+](=O)[O-].CCCCCCOC(=O)CCC(C)([N+](=O)[O-])[N+](=O)[O-].[K+].[OH-]. The molecule has 0 spiro atoms. The molecule has 1 N–H and O–H groups in total. The monoisotopic (exact) mass is 608 g/mol. The van der Waals surface area contributed by atoms with Crippen molar-refractivity contribution in [2.24, 2.45) is 0 Å². The van der Waals surface area contributed by atoms with Gasteiger partial charge in [0.15, 0.2) is 0 Å². The van der Waals surface area contributed by atoms with E-state index < -0.39 is 43.9 Å². The summed E-state index contributed by atoms with van der Waals surface area (Å²) in [7, 11) is 0. The van der Waals surface area contributed by atoms with Crippen molar-refractivity contribution in [3.8, 4) is 0 Å². The molecule has 0 rings (SSSR count). The fourth-order valence-corrected chi connectivity index (χ4v) is 2.21. The molecule has 0 aromatic rings. The van der Waals surface area contributed by atoms with Gasteiger partial charge in [-0.05, 0) is 12.8 Å². The number of nitro groups is 4. The predicted molar refractivity (Wildman–Crippen MR) is 137 cm³/mol. The van der Waals surface area contributed by atoms with Gasteiger partial charge in [-0.1, -0.05) is 59.0 Å². The van der Waals surface area contributed by atoms with E-state index in [4.69, 9.17) is 9.47 Å². The first-order chi connectivity index (χ1) is 17.7. The molecule has 0 unspecified atom stereocenters. The summed E-state index contributed by atoms with van der Waals surface area (Å²) >= 11 is 0. The number of hydrogen-bond donors (Lipinski definition) is 0. The second-order valence-electron chi connectivity index (χ2n) is 8.15. The molecule has 228 valence electrons. The number of esters is 2. The molecule has 0 saturated heterocycles. The molecule has 0 aromatic carbocycles. The fraction of sp³-hybridized carbons (Fsp3) is 0.818. The summed E-state index contributed by atoms with van der Waals surface area (Å²) in [6.45, 7) is 10.1. The summed E-state index contributed by atoms with van der Waals surface area (Å²) in [5.41, 5.74) is -2.33. The zero-order chi connectivity index (χ0) is 30.1. The average Bonchev–Trinajstić information content (AvgIpc) is 2.86. The molecule has 0 aliphatic rings. The Bertz CT molecular complexity index is 741. The van der Waals surface area contributed by atoms with Crippen LogP contribution in [-0.4, -0.2) is 62.2 Å². The van der Waals surface area contributed by atoms with Crippen LogP contribution >= 0.6 is 0 Å². The van der Waals surface area contributed by atoms with Crippen molar-refractivity contribution in [1.29, 1.82) is 0 Å². The van der Waals surface area contributed by atoms with Crippen molar-refractivity contribution in [3.05, 3.63) is 53.1 Å². The summed E-state index contributed by atoms with van der Waals surface area (Å²) in [6, 6.07) is 0. The molecule has 17 nitrogen and oxygen atoms in total. The van der Waals surface area contributed by atoms with Crippen molar-refractivity contribution in [1.82, 2.24) is 0 Å². The van der Waals surface area contributed by atoms with Gasteiger partial charge in [0.25, 0.3) is 0 Å². The van der Waals surface area contributed by atoms with Crippen LogP contribution in [0.5, 0.6) is 0 Å². The third-order valence-corrected chi connectivity index (χ3v) is 4.87. The summed E-state index contributed by atoms with van der Waals surface area (Å²) in [6.07, 6.45) is 7.04. The first-order valence-electron chi connectivity index (χ1n) is 12.2. The Balaban J connectivity index is -0.000000166. The number of hydrogen-bond acceptors (Lipinski definition) is 13. The van der Waals surface area contributed by atoms with Gasteiger partial charge in [0.2, 0.25) is 0 Å². The average molecular weight is 609 g/mol. The zero-order valence-corrected chi connectivity index (χ0v) is 27.1. The quantitative estimate of drug-likeness (QED) is 0.0403. The molecule has 0 radical (unpaired) electrons. The Morgan fingerprint density at radius 2 is 1.23 bits per heavy atom. The van der Waals surface area contributed by atoms with Gasteiger partial charge in [-0.25, -0.2) is 4.79 Å². The van der Waals surface area contributed by atoms with Crippen LogP contribution in [0.15, 0.2) is 12.7 Å². The molecule has 0 aliphatic carbocycles. The standard InChI is InChI=1S/C11H20N2O6.C9H16O2.C2H4N2O4.K.H2O/c1-3-4-5-6-9-19-10(14)7-8-11(2,12(15)16)13(17)18;1-3-5-6-7-8-11-9(10)4-2;1-2(3(5)6)4(7)8;;/h3-9H2,1-2H3;4H,2-3,5-8H2,1H3;2H,1H3;;1H2/q;;;+1;/p-1. The van der Waals surface area contributed by atoms with Crippen molar-refractivity contribution in [2.45, 2.75) is 104 Å². The van der Waals surface area contributed by atoms with Crippen LogP contribution < -0.4 is 51.4 Å². The molecule has 18 heteroatoms. The number of nitrogens with zero attached hydrogens (tertiary/aromatic N) is 4. The molecule has 0 aromatic heterocycles. The van der Waals surface area contributed by atoms with Crippen molar-refractivity contribution >= 4 is 11.9 Å². The normalized spacial score (nSPS) is 9.62. The van der Waals surface area contributed by atoms with E-state index in [-0.39, 0.29) is 75.9 Å². The minimum absolute atomic E-state index is 0. The minimum atomic E-state index is -2.33. The number of carbonyl (C=O) groups excluding carboxylic acids is 2. The number of unbranched alkanes of at least 4 members (excludes halogenated alkanes) is 6. The molecular weight excluding hydrogens is 567 g/mol. The summed E-state index contributed by atoms with van der Waals surface area (Å²) < 4.78 is 9.64. The molecule has 0 amide bonds. The van der Waals surface area contributed by atoms with E-state index in [1.807, 2.05) is 0 Å². The Morgan fingerprint density at radius 1 is 0.825 bits per heavy atom. The third-order valence-electron chi connectivity index (χ3n) is 4.87. The van der Waals surface area contributed by atoms with E-state index in [0.717, 1.165) is 52.4 Å². The third kappa shape index (κ3) is 27.4. The van der Waals surface area contributed by atoms with E-state index in [9.17, 15) is 50.0 Å². The fourth-order valence-electron chi connectivity index (χ4n) is 2.21. The van der Waals surface area contributed by atoms with Crippen LogP contribution in [-0.2, 0) is 19.1 Å². The van der Waals surface area contributed by atoms with E-state index in [1.165, 1.54) is 18.9 Å². The van der Waals surface area contributed by atoms with E-state index in [0.29, 0.717) is 6.61 Å². The molecule has 0 fully saturated rings. The second kappa shape index (κ2) is 29.8. The number of carbonyl (C=O) groups is 2. The maximum Gasteiger partial charge on any atom is 1.00 e. The Labute approximate surface area is 275 Å². The molecule has 0 saturated carbocycles. The molecule has 40 heavy (non-hydrogen) atoms. The zero-order valence-electron chi connectivity index (χ0n) is 24.0. The van der Waals surface area contributed by atoms with Gasteiger partial charge in [-0.15, -0.1) is 0 Å². The minimum Gasteiger partial charge on any atom is -0.870 e. The molecule has 0 atom stereocenters. The van der Waals surface area contributed by atoms with Gasteiger partial charge in [0.05, 0.1) is 59.6 Å². The van der Waals surface area contributed by atoms with Crippen molar-refractivity contribution < 1.29 is 95.6 Å². The summed E-state index contributed by atoms with van der Waals surface area (Å²) in [4.78, 5) is 58.2. The second-order valence-corrected chi connectivity index (χ2v) is 8.15. The molecule has 0 heterocycles. The van der Waals surface area contributed by atoms with Gasteiger partial charge in [0.1, 0.15) is 0 Å². The maximum atomic E-state index is 11.3. The van der Waals surface area contributed by atoms with Gasteiger partial charge < -0.3 is 14.9 Å². The predicted octanol–water partition coefficient (Wildman–Crippen LogP) is 1.17. The maximum absolute atomic E-state index is 11.3. The number of ether oxygens (including phenoxy) is 2. The van der Waals surface area contributed by atoms with Crippen LogP contribution in [0.4, 0.5) is 0 Å². The Morgan fingerprint density at radius 3 is 1.52 bits per heavy atom. The number of rotatable bonds is 18. The largest absolute Gasteiger partial charge is 1.00 e. The van der Waals surface area contributed by atoms with Gasteiger partial charge in [-0.3, -0.25) is 45.3 Å². The summed E-state index contributed by atoms with van der Waals surface area (Å²) in [5, 5.41) is 40.2. The smallest absolute Gasteiger partial charge is 0.870 e. The molecular formula is C22H41KN4O13. The first-order valence-corrected chi connectivity index (χ1v) is 12.2. The van der Waals surface area contributed by atoms with Crippen LogP contribution in [0, 0.1) is 40.5 Å². The van der Waals surface area contributed by atoms with Crippen LogP contribution in [0.25, 0.3) is 0 Å². The Hall–Kier alpha value is -2.12. The Kier molecular flexibility index (Phi) is 35.6. The topological polar surface area (TPSA) is 255 Å². The van der Waals surface area contributed by atoms with Crippen LogP contribution in [0.2, 0.25) is 0 Å². The van der Waals surface area contributed by atoms with Crippen LogP contribution in [0.3, 0.4) is 0 Å². The summed E-state index contributed by atoms with van der Waals surface area (Å²) in [5.74, 6) is -0.951. The molecule has 0 bridgehead atoms. The van der Waals surface area contributed by atoms with Gasteiger partial charge in [-0.2, -0.15) is 0 Å². The van der Waals surface area contributed by atoms with E-state index in [2.05, 4.69) is 20.4 Å². The van der Waals surface area contributed by atoms with E-state index >= 15 is 0 Å². The van der Waals surface area contributed by atoms with Crippen molar-refractivity contribution in [3.63, 3.8) is 0 Å². The van der Waals surface area contributed by atoms with Crippen LogP contribution in [0.1, 0.15) is 91.9 Å². The first kappa shape index (κ1) is 47.7. The van der Waals surface area contributed by atoms with E-state index in [1.54, 1.807) is 0 Å².